The molecule has 1 aromatic carbocycles. The smallest absolute Gasteiger partial charge is 0.265 e. The maximum Gasteiger partial charge on any atom is 0.265 e. The van der Waals surface area contributed by atoms with E-state index in [0.29, 0.717) is 25.3 Å². The fraction of sp³-hybridized carbons (Fsp3) is 0.556. The Labute approximate surface area is 142 Å². The first-order valence-electron chi connectivity index (χ1n) is 8.66. The van der Waals surface area contributed by atoms with Crippen molar-refractivity contribution in [1.82, 2.24) is 10.2 Å². The van der Waals surface area contributed by atoms with Gasteiger partial charge in [0.1, 0.15) is 5.75 Å². The van der Waals surface area contributed by atoms with Gasteiger partial charge < -0.3 is 19.9 Å². The summed E-state index contributed by atoms with van der Waals surface area (Å²) in [7, 11) is 0. The van der Waals surface area contributed by atoms with Gasteiger partial charge in [0.15, 0.2) is 6.61 Å². The normalized spacial score (nSPS) is 17.5. The number of nitrogens with one attached hydrogen (secondary N) is 1. The van der Waals surface area contributed by atoms with Crippen LogP contribution in [0.5, 0.6) is 5.75 Å². The van der Waals surface area contributed by atoms with E-state index in [1.54, 1.807) is 4.90 Å². The van der Waals surface area contributed by atoms with Crippen molar-refractivity contribution in [3.63, 3.8) is 0 Å². The predicted octanol–water partition coefficient (Wildman–Crippen LogP) is 1.32. The van der Waals surface area contributed by atoms with Gasteiger partial charge in [-0.2, -0.15) is 0 Å². The van der Waals surface area contributed by atoms with Crippen LogP contribution in [-0.4, -0.2) is 56.0 Å². The third kappa shape index (κ3) is 4.06. The second-order valence-electron chi connectivity index (χ2n) is 6.45. The molecule has 1 aromatic rings. The van der Waals surface area contributed by atoms with Crippen LogP contribution in [0.4, 0.5) is 5.69 Å². The lowest BCUT2D eigenvalue weighted by molar-refractivity contribution is -0.122. The summed E-state index contributed by atoms with van der Waals surface area (Å²) in [6.07, 6.45) is 2.82. The molecule has 0 spiro atoms. The summed E-state index contributed by atoms with van der Waals surface area (Å²) in [4.78, 5) is 28.2. The van der Waals surface area contributed by atoms with Crippen molar-refractivity contribution in [2.24, 2.45) is 0 Å². The molecular formula is C18H25N3O3. The van der Waals surface area contributed by atoms with E-state index in [1.807, 2.05) is 25.1 Å². The Hall–Kier alpha value is -2.08. The second-order valence-corrected chi connectivity index (χ2v) is 6.45. The number of ether oxygens (including phenoxy) is 1. The van der Waals surface area contributed by atoms with Gasteiger partial charge in [0, 0.05) is 26.1 Å². The maximum absolute atomic E-state index is 12.1. The number of amides is 2. The van der Waals surface area contributed by atoms with Crippen molar-refractivity contribution in [2.75, 3.05) is 44.2 Å². The molecular weight excluding hydrogens is 306 g/mol. The predicted molar refractivity (Wildman–Crippen MR) is 92.3 cm³/mol. The average molecular weight is 331 g/mol. The molecule has 6 heteroatoms. The van der Waals surface area contributed by atoms with Gasteiger partial charge in [-0.15, -0.1) is 0 Å². The molecule has 6 nitrogen and oxygen atoms in total. The molecule has 2 aliphatic rings. The Morgan fingerprint density at radius 1 is 1.25 bits per heavy atom. The van der Waals surface area contributed by atoms with Crippen LogP contribution in [0.15, 0.2) is 18.2 Å². The highest BCUT2D eigenvalue weighted by Crippen LogP contribution is 2.32. The van der Waals surface area contributed by atoms with Crippen molar-refractivity contribution >= 4 is 17.5 Å². The van der Waals surface area contributed by atoms with Crippen LogP contribution in [0, 0.1) is 6.92 Å². The van der Waals surface area contributed by atoms with E-state index in [9.17, 15) is 9.59 Å². The summed E-state index contributed by atoms with van der Waals surface area (Å²) in [6.45, 7) is 6.25. The van der Waals surface area contributed by atoms with Crippen molar-refractivity contribution in [3.8, 4) is 5.75 Å². The number of likely N-dealkylation sites (tertiary alicyclic amines) is 1. The lowest BCUT2D eigenvalue weighted by Crippen LogP contribution is -2.41. The lowest BCUT2D eigenvalue weighted by Gasteiger charge is -2.29. The molecule has 0 aliphatic carbocycles. The van der Waals surface area contributed by atoms with Crippen LogP contribution in [0.25, 0.3) is 0 Å². The molecule has 0 unspecified atom stereocenters. The minimum Gasteiger partial charge on any atom is -0.482 e. The summed E-state index contributed by atoms with van der Waals surface area (Å²) in [6, 6.07) is 5.75. The molecule has 3 rings (SSSR count). The van der Waals surface area contributed by atoms with Crippen LogP contribution in [0.1, 0.15) is 24.8 Å². The van der Waals surface area contributed by atoms with Crippen LogP contribution in [-0.2, 0) is 9.59 Å². The molecule has 0 aromatic heterocycles. The van der Waals surface area contributed by atoms with E-state index in [2.05, 4.69) is 10.2 Å². The monoisotopic (exact) mass is 331 g/mol. The second kappa shape index (κ2) is 7.66. The molecule has 2 aliphatic heterocycles. The minimum atomic E-state index is -0.101. The van der Waals surface area contributed by atoms with Crippen LogP contribution in [0.2, 0.25) is 0 Å². The molecule has 2 heterocycles. The van der Waals surface area contributed by atoms with E-state index in [4.69, 9.17) is 4.74 Å². The summed E-state index contributed by atoms with van der Waals surface area (Å²) in [5.74, 6) is 0.599. The van der Waals surface area contributed by atoms with E-state index in [0.717, 1.165) is 30.9 Å². The van der Waals surface area contributed by atoms with Crippen molar-refractivity contribution in [1.29, 1.82) is 0 Å². The van der Waals surface area contributed by atoms with Crippen LogP contribution >= 0.6 is 0 Å². The highest BCUT2D eigenvalue weighted by molar-refractivity contribution is 5.98. The topological polar surface area (TPSA) is 61.9 Å². The quantitative estimate of drug-likeness (QED) is 0.854. The SMILES string of the molecule is Cc1ccc2c(c1)OCC(=O)N2CCC(=O)NCCN1CCCC1. The fourth-order valence-corrected chi connectivity index (χ4v) is 3.22. The molecule has 130 valence electrons. The molecule has 1 fully saturated rings. The molecule has 2 amide bonds. The highest BCUT2D eigenvalue weighted by atomic mass is 16.5. The number of hydrogen-bond donors (Lipinski definition) is 1. The number of nitrogens with zero attached hydrogens (tertiary/aromatic N) is 2. The zero-order valence-electron chi connectivity index (χ0n) is 14.2. The number of carbonyl (C=O) groups excluding carboxylic acids is 2. The van der Waals surface area contributed by atoms with E-state index in [1.165, 1.54) is 12.8 Å². The maximum atomic E-state index is 12.1. The number of hydrogen-bond acceptors (Lipinski definition) is 4. The lowest BCUT2D eigenvalue weighted by atomic mass is 10.1. The molecule has 1 N–H and O–H groups in total. The fourth-order valence-electron chi connectivity index (χ4n) is 3.22. The first-order chi connectivity index (χ1) is 11.6. The number of carbonyl (C=O) groups is 2. The van der Waals surface area contributed by atoms with E-state index in [-0.39, 0.29) is 18.4 Å². The summed E-state index contributed by atoms with van der Waals surface area (Å²) in [5, 5.41) is 2.95. The zero-order valence-corrected chi connectivity index (χ0v) is 14.2. The Morgan fingerprint density at radius 2 is 2.04 bits per heavy atom. The minimum absolute atomic E-state index is 0.0119. The summed E-state index contributed by atoms with van der Waals surface area (Å²) in [5.41, 5.74) is 1.84. The molecule has 0 bridgehead atoms. The Bertz CT molecular complexity index is 612. The Balaban J connectivity index is 1.48. The Kier molecular flexibility index (Phi) is 5.35. The van der Waals surface area contributed by atoms with Crippen molar-refractivity contribution in [2.45, 2.75) is 26.2 Å². The van der Waals surface area contributed by atoms with E-state index >= 15 is 0 Å². The first kappa shape index (κ1) is 16.8. The number of anilines is 1. The van der Waals surface area contributed by atoms with Crippen molar-refractivity contribution in [3.05, 3.63) is 23.8 Å². The standard InChI is InChI=1S/C18H25N3O3/c1-14-4-5-15-16(12-14)24-13-18(23)21(15)10-6-17(22)19-7-11-20-8-2-3-9-20/h4-5,12H,2-3,6-11,13H2,1H3,(H,19,22). The van der Waals surface area contributed by atoms with Gasteiger partial charge in [-0.25, -0.2) is 0 Å². The van der Waals surface area contributed by atoms with Gasteiger partial charge in [-0.1, -0.05) is 6.07 Å². The third-order valence-corrected chi connectivity index (χ3v) is 4.57. The summed E-state index contributed by atoms with van der Waals surface area (Å²) < 4.78 is 5.48. The number of rotatable bonds is 6. The zero-order chi connectivity index (χ0) is 16.9. The van der Waals surface area contributed by atoms with Gasteiger partial charge in [0.05, 0.1) is 5.69 Å². The summed E-state index contributed by atoms with van der Waals surface area (Å²) >= 11 is 0. The van der Waals surface area contributed by atoms with Gasteiger partial charge in [-0.05, 0) is 50.6 Å². The first-order valence-corrected chi connectivity index (χ1v) is 8.66. The average Bonchev–Trinajstić information content (AvgIpc) is 3.07. The van der Waals surface area contributed by atoms with Crippen molar-refractivity contribution < 1.29 is 14.3 Å². The largest absolute Gasteiger partial charge is 0.482 e. The molecule has 0 atom stereocenters. The van der Waals surface area contributed by atoms with E-state index < -0.39 is 0 Å². The number of fused-ring (bicyclic) bond motifs is 1. The number of aryl methyl sites for hydroxylation is 1. The van der Waals surface area contributed by atoms with Gasteiger partial charge in [-0.3, -0.25) is 9.59 Å². The van der Waals surface area contributed by atoms with Gasteiger partial charge >= 0.3 is 0 Å². The van der Waals surface area contributed by atoms with Crippen LogP contribution < -0.4 is 15.0 Å². The molecule has 0 saturated carbocycles. The Morgan fingerprint density at radius 3 is 2.83 bits per heavy atom. The molecule has 24 heavy (non-hydrogen) atoms. The van der Waals surface area contributed by atoms with Gasteiger partial charge in [0.25, 0.3) is 5.91 Å². The molecule has 0 radical (unpaired) electrons. The third-order valence-electron chi connectivity index (χ3n) is 4.57. The van der Waals surface area contributed by atoms with Crippen LogP contribution in [0.3, 0.4) is 0 Å². The highest BCUT2D eigenvalue weighted by Gasteiger charge is 2.25. The molecule has 1 saturated heterocycles. The van der Waals surface area contributed by atoms with Gasteiger partial charge in [0.2, 0.25) is 5.91 Å². The number of benzene rings is 1.